The second-order valence-corrected chi connectivity index (χ2v) is 3.02. The zero-order chi connectivity index (χ0) is 10.6. The summed E-state index contributed by atoms with van der Waals surface area (Å²) in [7, 11) is 0. The first-order valence-electron chi connectivity index (χ1n) is 4.30. The monoisotopic (exact) mass is 192 g/mol. The number of hydrogen-bond acceptors (Lipinski definition) is 3. The summed E-state index contributed by atoms with van der Waals surface area (Å²) in [6.07, 6.45) is 1.62. The Morgan fingerprint density at radius 3 is 2.79 bits per heavy atom. The molecule has 1 heterocycles. The van der Waals surface area contributed by atoms with E-state index in [2.05, 4.69) is 10.3 Å². The average molecular weight is 192 g/mol. The number of amides is 1. The summed E-state index contributed by atoms with van der Waals surface area (Å²) in [6.45, 7) is 3.24. The zero-order valence-electron chi connectivity index (χ0n) is 8.20. The van der Waals surface area contributed by atoms with Crippen molar-refractivity contribution in [2.75, 3.05) is 6.54 Å². The maximum absolute atomic E-state index is 11.5. The summed E-state index contributed by atoms with van der Waals surface area (Å²) < 4.78 is 0. The lowest BCUT2D eigenvalue weighted by atomic mass is 10.2. The van der Waals surface area contributed by atoms with Gasteiger partial charge in [0.1, 0.15) is 5.78 Å². The first kappa shape index (κ1) is 10.4. The van der Waals surface area contributed by atoms with Crippen LogP contribution in [0.25, 0.3) is 0 Å². The van der Waals surface area contributed by atoms with Crippen molar-refractivity contribution in [1.29, 1.82) is 0 Å². The molecule has 0 aliphatic heterocycles. The minimum absolute atomic E-state index is 0.0627. The van der Waals surface area contributed by atoms with Gasteiger partial charge in [-0.05, 0) is 26.0 Å². The predicted octanol–water partition coefficient (Wildman–Crippen LogP) is 0.709. The van der Waals surface area contributed by atoms with Gasteiger partial charge < -0.3 is 5.32 Å². The molecule has 0 aliphatic rings. The lowest BCUT2D eigenvalue weighted by Crippen LogP contribution is -2.28. The van der Waals surface area contributed by atoms with Gasteiger partial charge in [0, 0.05) is 11.9 Å². The smallest absolute Gasteiger partial charge is 0.253 e. The maximum Gasteiger partial charge on any atom is 0.253 e. The van der Waals surface area contributed by atoms with Crippen molar-refractivity contribution in [3.05, 3.63) is 29.6 Å². The van der Waals surface area contributed by atoms with Crippen LogP contribution in [0.2, 0.25) is 0 Å². The molecule has 1 aromatic heterocycles. The number of hydrogen-bond donors (Lipinski definition) is 1. The average Bonchev–Trinajstić information content (AvgIpc) is 2.15. The van der Waals surface area contributed by atoms with Gasteiger partial charge >= 0.3 is 0 Å². The Morgan fingerprint density at radius 1 is 1.50 bits per heavy atom. The molecule has 0 aromatic carbocycles. The Morgan fingerprint density at radius 2 is 2.21 bits per heavy atom. The molecule has 0 aliphatic carbocycles. The standard InChI is InChI=1S/C10H12N2O2/c1-7(13)6-12-10(14)9-4-3-5-11-8(9)2/h3-5H,6H2,1-2H3,(H,12,14). The van der Waals surface area contributed by atoms with Crippen molar-refractivity contribution in [1.82, 2.24) is 10.3 Å². The summed E-state index contributed by atoms with van der Waals surface area (Å²) in [5, 5.41) is 2.51. The van der Waals surface area contributed by atoms with E-state index < -0.39 is 0 Å². The van der Waals surface area contributed by atoms with Gasteiger partial charge in [0.25, 0.3) is 5.91 Å². The van der Waals surface area contributed by atoms with Crippen molar-refractivity contribution >= 4 is 11.7 Å². The fourth-order valence-corrected chi connectivity index (χ4v) is 1.02. The molecule has 1 rings (SSSR count). The van der Waals surface area contributed by atoms with Gasteiger partial charge in [-0.1, -0.05) is 0 Å². The number of Topliss-reactive ketones (excluding diaryl/α,β-unsaturated/α-hetero) is 1. The van der Waals surface area contributed by atoms with Crippen LogP contribution in [-0.4, -0.2) is 23.2 Å². The lowest BCUT2D eigenvalue weighted by molar-refractivity contribution is -0.116. The highest BCUT2D eigenvalue weighted by Gasteiger charge is 2.08. The SMILES string of the molecule is CC(=O)CNC(=O)c1cccnc1C. The molecule has 1 amide bonds. The molecular formula is C10H12N2O2. The van der Waals surface area contributed by atoms with E-state index in [-0.39, 0.29) is 18.2 Å². The number of aromatic nitrogens is 1. The quantitative estimate of drug-likeness (QED) is 0.767. The molecule has 1 aromatic rings. The maximum atomic E-state index is 11.5. The second kappa shape index (κ2) is 4.50. The van der Waals surface area contributed by atoms with E-state index in [1.165, 1.54) is 6.92 Å². The van der Waals surface area contributed by atoms with Crippen LogP contribution in [0.1, 0.15) is 23.0 Å². The molecule has 0 unspecified atom stereocenters. The van der Waals surface area contributed by atoms with E-state index in [9.17, 15) is 9.59 Å². The van der Waals surface area contributed by atoms with Crippen molar-refractivity contribution in [3.63, 3.8) is 0 Å². The summed E-state index contributed by atoms with van der Waals surface area (Å²) in [4.78, 5) is 26.1. The van der Waals surface area contributed by atoms with E-state index in [0.717, 1.165) is 0 Å². The molecule has 14 heavy (non-hydrogen) atoms. The number of nitrogens with one attached hydrogen (secondary N) is 1. The van der Waals surface area contributed by atoms with Crippen molar-refractivity contribution < 1.29 is 9.59 Å². The van der Waals surface area contributed by atoms with Gasteiger partial charge in [-0.3, -0.25) is 14.6 Å². The van der Waals surface area contributed by atoms with Crippen molar-refractivity contribution in [3.8, 4) is 0 Å². The Kier molecular flexibility index (Phi) is 3.34. The molecule has 0 saturated heterocycles. The number of aryl methyl sites for hydroxylation is 1. The molecule has 0 saturated carbocycles. The van der Waals surface area contributed by atoms with Crippen LogP contribution in [-0.2, 0) is 4.79 Å². The zero-order valence-corrected chi connectivity index (χ0v) is 8.20. The summed E-state index contributed by atoms with van der Waals surface area (Å²) in [5.74, 6) is -0.328. The van der Waals surface area contributed by atoms with Crippen molar-refractivity contribution in [2.24, 2.45) is 0 Å². The number of pyridine rings is 1. The molecule has 0 fully saturated rings. The van der Waals surface area contributed by atoms with Crippen LogP contribution in [0.4, 0.5) is 0 Å². The summed E-state index contributed by atoms with van der Waals surface area (Å²) >= 11 is 0. The molecular weight excluding hydrogens is 180 g/mol. The third-order valence-electron chi connectivity index (χ3n) is 1.75. The molecule has 0 bridgehead atoms. The molecule has 4 nitrogen and oxygen atoms in total. The van der Waals surface area contributed by atoms with Gasteiger partial charge in [0.2, 0.25) is 0 Å². The van der Waals surface area contributed by atoms with Crippen LogP contribution in [0.15, 0.2) is 18.3 Å². The van der Waals surface area contributed by atoms with Crippen LogP contribution in [0, 0.1) is 6.92 Å². The minimum atomic E-state index is -0.259. The molecule has 0 atom stereocenters. The third kappa shape index (κ3) is 2.65. The summed E-state index contributed by atoms with van der Waals surface area (Å²) in [6, 6.07) is 3.37. The lowest BCUT2D eigenvalue weighted by Gasteiger charge is -2.04. The minimum Gasteiger partial charge on any atom is -0.345 e. The van der Waals surface area contributed by atoms with Gasteiger partial charge in [-0.2, -0.15) is 0 Å². The molecule has 0 radical (unpaired) electrons. The Bertz CT molecular complexity index is 361. The van der Waals surface area contributed by atoms with Gasteiger partial charge in [-0.15, -0.1) is 0 Å². The highest BCUT2D eigenvalue weighted by molar-refractivity contribution is 5.97. The number of carbonyl (C=O) groups excluding carboxylic acids is 2. The first-order valence-corrected chi connectivity index (χ1v) is 4.30. The second-order valence-electron chi connectivity index (χ2n) is 3.02. The number of ketones is 1. The van der Waals surface area contributed by atoms with Crippen LogP contribution in [0.3, 0.4) is 0 Å². The van der Waals surface area contributed by atoms with E-state index >= 15 is 0 Å². The summed E-state index contributed by atoms with van der Waals surface area (Å²) in [5.41, 5.74) is 1.17. The van der Waals surface area contributed by atoms with E-state index in [4.69, 9.17) is 0 Å². The Hall–Kier alpha value is -1.71. The van der Waals surface area contributed by atoms with Crippen molar-refractivity contribution in [2.45, 2.75) is 13.8 Å². The number of carbonyl (C=O) groups is 2. The Labute approximate surface area is 82.3 Å². The highest BCUT2D eigenvalue weighted by Crippen LogP contribution is 2.02. The molecule has 1 N–H and O–H groups in total. The number of rotatable bonds is 3. The van der Waals surface area contributed by atoms with Gasteiger partial charge in [-0.25, -0.2) is 0 Å². The third-order valence-corrected chi connectivity index (χ3v) is 1.75. The largest absolute Gasteiger partial charge is 0.345 e. The normalized spacial score (nSPS) is 9.57. The predicted molar refractivity (Wildman–Crippen MR) is 52.0 cm³/mol. The van der Waals surface area contributed by atoms with E-state index in [1.807, 2.05) is 0 Å². The van der Waals surface area contributed by atoms with E-state index in [0.29, 0.717) is 11.3 Å². The van der Waals surface area contributed by atoms with Crippen LogP contribution < -0.4 is 5.32 Å². The first-order chi connectivity index (χ1) is 6.61. The van der Waals surface area contributed by atoms with Gasteiger partial charge in [0.15, 0.2) is 0 Å². The molecule has 0 spiro atoms. The molecule has 4 heteroatoms. The molecule has 74 valence electrons. The van der Waals surface area contributed by atoms with Crippen LogP contribution >= 0.6 is 0 Å². The fraction of sp³-hybridized carbons (Fsp3) is 0.300. The van der Waals surface area contributed by atoms with E-state index in [1.54, 1.807) is 25.3 Å². The van der Waals surface area contributed by atoms with Crippen LogP contribution in [0.5, 0.6) is 0 Å². The topological polar surface area (TPSA) is 59.1 Å². The van der Waals surface area contributed by atoms with Gasteiger partial charge in [0.05, 0.1) is 12.1 Å². The Balaban J connectivity index is 2.70. The fourth-order valence-electron chi connectivity index (χ4n) is 1.02. The number of nitrogens with zero attached hydrogens (tertiary/aromatic N) is 1. The highest BCUT2D eigenvalue weighted by atomic mass is 16.2.